The number of likely N-dealkylation sites (N-methyl/N-ethyl adjacent to an activating group) is 1. The first kappa shape index (κ1) is 28.2. The molecule has 3 rings (SSSR count). The summed E-state index contributed by atoms with van der Waals surface area (Å²) in [5.74, 6) is -0.764. The second kappa shape index (κ2) is 12.7. The van der Waals surface area contributed by atoms with Crippen LogP contribution in [0.5, 0.6) is 0 Å². The summed E-state index contributed by atoms with van der Waals surface area (Å²) in [5, 5.41) is 3.20. The van der Waals surface area contributed by atoms with Crippen molar-refractivity contribution >= 4 is 39.1 Å². The number of hydrogen-bond donors (Lipinski definition) is 1. The van der Waals surface area contributed by atoms with Crippen LogP contribution in [-0.4, -0.2) is 44.3 Å². The summed E-state index contributed by atoms with van der Waals surface area (Å²) in [4.78, 5) is 28.3. The van der Waals surface area contributed by atoms with Crippen LogP contribution in [-0.2, 0) is 26.2 Å². The van der Waals surface area contributed by atoms with E-state index in [1.165, 1.54) is 29.2 Å². The zero-order valence-corrected chi connectivity index (χ0v) is 22.8. The highest BCUT2D eigenvalue weighted by Crippen LogP contribution is 2.28. The molecule has 1 unspecified atom stereocenters. The summed E-state index contributed by atoms with van der Waals surface area (Å²) >= 11 is 5.99. The molecule has 0 aliphatic carbocycles. The van der Waals surface area contributed by atoms with Gasteiger partial charge in [0, 0.05) is 18.1 Å². The van der Waals surface area contributed by atoms with Crippen LogP contribution in [0.3, 0.4) is 0 Å². The predicted octanol–water partition coefficient (Wildman–Crippen LogP) is 4.79. The van der Waals surface area contributed by atoms with Crippen LogP contribution in [0.1, 0.15) is 31.4 Å². The predicted molar refractivity (Wildman–Crippen MR) is 147 cm³/mol. The molecule has 0 aliphatic heterocycles. The number of para-hydroxylation sites is 1. The maximum absolute atomic E-state index is 13.9. The molecule has 1 N–H and O–H groups in total. The number of anilines is 1. The first-order valence-corrected chi connectivity index (χ1v) is 14.0. The Morgan fingerprint density at radius 2 is 1.54 bits per heavy atom. The molecule has 2 amide bonds. The van der Waals surface area contributed by atoms with Crippen molar-refractivity contribution < 1.29 is 18.0 Å². The molecule has 3 aromatic carbocycles. The van der Waals surface area contributed by atoms with Crippen LogP contribution in [0, 0.1) is 6.92 Å². The summed E-state index contributed by atoms with van der Waals surface area (Å²) < 4.78 is 28.8. The minimum Gasteiger partial charge on any atom is -0.355 e. The lowest BCUT2D eigenvalue weighted by Crippen LogP contribution is -2.52. The summed E-state index contributed by atoms with van der Waals surface area (Å²) in [6, 6.07) is 21.4. The van der Waals surface area contributed by atoms with E-state index < -0.39 is 28.5 Å². The summed E-state index contributed by atoms with van der Waals surface area (Å²) in [5.41, 5.74) is 1.91. The van der Waals surface area contributed by atoms with Crippen molar-refractivity contribution in [3.63, 3.8) is 0 Å². The van der Waals surface area contributed by atoms with E-state index in [2.05, 4.69) is 5.32 Å². The van der Waals surface area contributed by atoms with Crippen molar-refractivity contribution in [2.24, 2.45) is 0 Å². The number of halogens is 1. The summed E-state index contributed by atoms with van der Waals surface area (Å²) in [6.45, 7) is 5.54. The van der Waals surface area contributed by atoms with Gasteiger partial charge < -0.3 is 10.2 Å². The Kier molecular flexibility index (Phi) is 9.72. The fourth-order valence-corrected chi connectivity index (χ4v) is 5.69. The van der Waals surface area contributed by atoms with Crippen LogP contribution < -0.4 is 9.62 Å². The third-order valence-electron chi connectivity index (χ3n) is 6.00. The van der Waals surface area contributed by atoms with Gasteiger partial charge in [0.05, 0.1) is 10.6 Å². The van der Waals surface area contributed by atoms with Gasteiger partial charge in [-0.2, -0.15) is 0 Å². The number of benzene rings is 3. The SMILES string of the molecule is CCNC(=O)C(CC)N(Cc1ccccc1)C(=O)CN(c1ccccc1C)S(=O)(=O)c1ccc(Cl)cc1. The van der Waals surface area contributed by atoms with Crippen LogP contribution >= 0.6 is 11.6 Å². The molecule has 0 aromatic heterocycles. The maximum Gasteiger partial charge on any atom is 0.264 e. The zero-order chi connectivity index (χ0) is 27.0. The second-order valence-electron chi connectivity index (χ2n) is 8.58. The van der Waals surface area contributed by atoms with E-state index >= 15 is 0 Å². The molecule has 1 atom stereocenters. The van der Waals surface area contributed by atoms with Crippen LogP contribution in [0.2, 0.25) is 5.02 Å². The fourth-order valence-electron chi connectivity index (χ4n) is 4.08. The van der Waals surface area contributed by atoms with Crippen molar-refractivity contribution in [1.29, 1.82) is 0 Å². The maximum atomic E-state index is 13.9. The van der Waals surface area contributed by atoms with Crippen molar-refractivity contribution in [2.45, 2.75) is 44.7 Å². The van der Waals surface area contributed by atoms with Gasteiger partial charge in [0.2, 0.25) is 11.8 Å². The van der Waals surface area contributed by atoms with Gasteiger partial charge in [0.15, 0.2) is 0 Å². The van der Waals surface area contributed by atoms with Crippen molar-refractivity contribution in [2.75, 3.05) is 17.4 Å². The second-order valence-corrected chi connectivity index (χ2v) is 10.9. The smallest absolute Gasteiger partial charge is 0.264 e. The van der Waals surface area contributed by atoms with Crippen molar-refractivity contribution in [1.82, 2.24) is 10.2 Å². The molecule has 37 heavy (non-hydrogen) atoms. The highest BCUT2D eigenvalue weighted by Gasteiger charge is 2.34. The molecule has 0 heterocycles. The third-order valence-corrected chi connectivity index (χ3v) is 8.02. The molecule has 0 saturated heterocycles. The van der Waals surface area contributed by atoms with Crippen LogP contribution in [0.4, 0.5) is 5.69 Å². The molecule has 0 saturated carbocycles. The largest absolute Gasteiger partial charge is 0.355 e. The average Bonchev–Trinajstić information content (AvgIpc) is 2.88. The lowest BCUT2D eigenvalue weighted by Gasteiger charge is -2.33. The fraction of sp³-hybridized carbons (Fsp3) is 0.286. The quantitative estimate of drug-likeness (QED) is 0.378. The van der Waals surface area contributed by atoms with E-state index in [0.29, 0.717) is 29.2 Å². The van der Waals surface area contributed by atoms with Crippen LogP contribution in [0.15, 0.2) is 83.8 Å². The molecular formula is C28H32ClN3O4S. The number of amides is 2. The normalized spacial score (nSPS) is 12.0. The highest BCUT2D eigenvalue weighted by atomic mass is 35.5. The molecule has 7 nitrogen and oxygen atoms in total. The van der Waals surface area contributed by atoms with E-state index in [9.17, 15) is 18.0 Å². The van der Waals surface area contributed by atoms with Gasteiger partial charge in [0.25, 0.3) is 10.0 Å². The Morgan fingerprint density at radius 1 is 0.919 bits per heavy atom. The Balaban J connectivity index is 2.06. The summed E-state index contributed by atoms with van der Waals surface area (Å²) in [6.07, 6.45) is 0.374. The van der Waals surface area contributed by atoms with E-state index in [0.717, 1.165) is 9.87 Å². The van der Waals surface area contributed by atoms with Gasteiger partial charge in [-0.3, -0.25) is 13.9 Å². The Bertz CT molecular complexity index is 1310. The first-order valence-electron chi connectivity index (χ1n) is 12.1. The Hall–Kier alpha value is -3.36. The lowest BCUT2D eigenvalue weighted by atomic mass is 10.1. The number of nitrogens with zero attached hydrogens (tertiary/aromatic N) is 2. The molecule has 0 radical (unpaired) electrons. The lowest BCUT2D eigenvalue weighted by molar-refractivity contribution is -0.140. The van der Waals surface area contributed by atoms with Gasteiger partial charge in [-0.25, -0.2) is 8.42 Å². The van der Waals surface area contributed by atoms with Crippen LogP contribution in [0.25, 0.3) is 0 Å². The standard InChI is InChI=1S/C28H32ClN3O4S/c1-4-25(28(34)30-5-2)31(19-22-12-7-6-8-13-22)27(33)20-32(26-14-10-9-11-21(26)3)37(35,36)24-17-15-23(29)16-18-24/h6-18,25H,4-5,19-20H2,1-3H3,(H,30,34). The van der Waals surface area contributed by atoms with Crippen molar-refractivity contribution in [3.8, 4) is 0 Å². The third kappa shape index (κ3) is 6.90. The van der Waals surface area contributed by atoms with Gasteiger partial charge in [-0.15, -0.1) is 0 Å². The van der Waals surface area contributed by atoms with Gasteiger partial charge in [-0.05, 0) is 61.7 Å². The topological polar surface area (TPSA) is 86.8 Å². The Labute approximate surface area is 224 Å². The number of carbonyl (C=O) groups is 2. The van der Waals surface area contributed by atoms with Gasteiger partial charge in [0.1, 0.15) is 12.6 Å². The minimum atomic E-state index is -4.13. The van der Waals surface area contributed by atoms with E-state index in [4.69, 9.17) is 11.6 Å². The zero-order valence-electron chi connectivity index (χ0n) is 21.2. The van der Waals surface area contributed by atoms with E-state index in [1.807, 2.05) is 44.2 Å². The van der Waals surface area contributed by atoms with Crippen molar-refractivity contribution in [3.05, 3.63) is 95.0 Å². The van der Waals surface area contributed by atoms with E-state index in [-0.39, 0.29) is 17.3 Å². The molecule has 9 heteroatoms. The summed E-state index contributed by atoms with van der Waals surface area (Å²) in [7, 11) is -4.13. The number of aryl methyl sites for hydroxylation is 1. The minimum absolute atomic E-state index is 0.0123. The number of carbonyl (C=O) groups excluding carboxylic acids is 2. The Morgan fingerprint density at radius 3 is 2.14 bits per heavy atom. The monoisotopic (exact) mass is 541 g/mol. The van der Waals surface area contributed by atoms with Gasteiger partial charge >= 0.3 is 0 Å². The van der Waals surface area contributed by atoms with E-state index in [1.54, 1.807) is 31.2 Å². The average molecular weight is 542 g/mol. The van der Waals surface area contributed by atoms with Gasteiger partial charge in [-0.1, -0.05) is 67.1 Å². The number of rotatable bonds is 11. The molecule has 0 aliphatic rings. The molecule has 0 bridgehead atoms. The number of nitrogens with one attached hydrogen (secondary N) is 1. The first-order chi connectivity index (χ1) is 17.7. The number of hydrogen-bond acceptors (Lipinski definition) is 4. The molecule has 196 valence electrons. The molecule has 0 spiro atoms. The molecule has 0 fully saturated rings. The molecule has 3 aromatic rings. The molecular weight excluding hydrogens is 510 g/mol. The number of sulfonamides is 1. The highest BCUT2D eigenvalue weighted by molar-refractivity contribution is 7.92.